The SMILES string of the molecule is CCN1C(=O)Nc2cnc(Cl)nc2N1Cc1ccc(OC)c(OC)c1. The molecule has 2 aromatic rings. The van der Waals surface area contributed by atoms with E-state index in [1.54, 1.807) is 24.2 Å². The van der Waals surface area contributed by atoms with Gasteiger partial charge in [0.1, 0.15) is 5.69 Å². The normalized spacial score (nSPS) is 13.4. The highest BCUT2D eigenvalue weighted by molar-refractivity contribution is 6.28. The van der Waals surface area contributed by atoms with E-state index >= 15 is 0 Å². The number of amides is 2. The van der Waals surface area contributed by atoms with Crippen LogP contribution in [0.15, 0.2) is 24.4 Å². The summed E-state index contributed by atoms with van der Waals surface area (Å²) in [7, 11) is 3.16. The summed E-state index contributed by atoms with van der Waals surface area (Å²) in [6, 6.07) is 5.34. The Morgan fingerprint density at radius 2 is 1.96 bits per heavy atom. The fraction of sp³-hybridized carbons (Fsp3) is 0.312. The summed E-state index contributed by atoms with van der Waals surface area (Å²) in [5.41, 5.74) is 1.44. The van der Waals surface area contributed by atoms with Crippen molar-refractivity contribution in [1.82, 2.24) is 15.0 Å². The molecule has 2 amide bonds. The number of carbonyl (C=O) groups is 1. The molecule has 25 heavy (non-hydrogen) atoms. The van der Waals surface area contributed by atoms with Gasteiger partial charge in [0.05, 0.1) is 27.0 Å². The topological polar surface area (TPSA) is 79.8 Å². The van der Waals surface area contributed by atoms with Gasteiger partial charge in [0.25, 0.3) is 0 Å². The molecule has 0 bridgehead atoms. The van der Waals surface area contributed by atoms with Gasteiger partial charge in [-0.05, 0) is 36.2 Å². The molecule has 0 saturated carbocycles. The van der Waals surface area contributed by atoms with E-state index in [9.17, 15) is 4.79 Å². The fourth-order valence-corrected chi connectivity index (χ4v) is 2.80. The fourth-order valence-electron chi connectivity index (χ4n) is 2.67. The third-order valence-electron chi connectivity index (χ3n) is 3.83. The number of benzene rings is 1. The van der Waals surface area contributed by atoms with Crippen LogP contribution in [0, 0.1) is 0 Å². The maximum absolute atomic E-state index is 12.3. The van der Waals surface area contributed by atoms with E-state index in [0.29, 0.717) is 36.1 Å². The molecule has 132 valence electrons. The third-order valence-corrected chi connectivity index (χ3v) is 4.01. The summed E-state index contributed by atoms with van der Waals surface area (Å²) >= 11 is 5.94. The highest BCUT2D eigenvalue weighted by atomic mass is 35.5. The maximum atomic E-state index is 12.3. The van der Waals surface area contributed by atoms with E-state index in [2.05, 4.69) is 15.3 Å². The number of urea groups is 1. The van der Waals surface area contributed by atoms with Gasteiger partial charge in [-0.2, -0.15) is 4.98 Å². The molecule has 0 spiro atoms. The minimum atomic E-state index is -0.249. The van der Waals surface area contributed by atoms with Crippen LogP contribution in [0.25, 0.3) is 0 Å². The van der Waals surface area contributed by atoms with Crippen molar-refractivity contribution in [3.05, 3.63) is 35.2 Å². The molecule has 2 heterocycles. The smallest absolute Gasteiger partial charge is 0.340 e. The summed E-state index contributed by atoms with van der Waals surface area (Å²) in [4.78, 5) is 20.5. The zero-order chi connectivity index (χ0) is 18.0. The molecule has 3 rings (SSSR count). The number of nitrogens with one attached hydrogen (secondary N) is 1. The van der Waals surface area contributed by atoms with Gasteiger partial charge in [-0.1, -0.05) is 6.07 Å². The Balaban J connectivity index is 1.99. The number of methoxy groups -OCH3 is 2. The lowest BCUT2D eigenvalue weighted by Crippen LogP contribution is -2.52. The summed E-state index contributed by atoms with van der Waals surface area (Å²) in [6.45, 7) is 2.76. The monoisotopic (exact) mass is 363 g/mol. The second-order valence-corrected chi connectivity index (χ2v) is 5.61. The molecular formula is C16H18ClN5O3. The van der Waals surface area contributed by atoms with Crippen molar-refractivity contribution in [1.29, 1.82) is 0 Å². The van der Waals surface area contributed by atoms with Gasteiger partial charge in [-0.3, -0.25) is 5.01 Å². The Hall–Kier alpha value is -2.74. The number of carbonyl (C=O) groups excluding carboxylic acids is 1. The first-order valence-electron chi connectivity index (χ1n) is 7.66. The lowest BCUT2D eigenvalue weighted by atomic mass is 10.2. The molecule has 0 aliphatic carbocycles. The largest absolute Gasteiger partial charge is 0.493 e. The van der Waals surface area contributed by atoms with E-state index in [0.717, 1.165) is 5.56 Å². The lowest BCUT2D eigenvalue weighted by Gasteiger charge is -2.39. The van der Waals surface area contributed by atoms with E-state index in [-0.39, 0.29) is 11.3 Å². The predicted molar refractivity (Wildman–Crippen MR) is 94.2 cm³/mol. The molecule has 1 aromatic heterocycles. The van der Waals surface area contributed by atoms with Gasteiger partial charge in [-0.15, -0.1) is 0 Å². The highest BCUT2D eigenvalue weighted by Gasteiger charge is 2.30. The van der Waals surface area contributed by atoms with Gasteiger partial charge in [0.2, 0.25) is 5.28 Å². The third kappa shape index (κ3) is 3.25. The van der Waals surface area contributed by atoms with E-state index < -0.39 is 0 Å². The number of nitrogens with zero attached hydrogens (tertiary/aromatic N) is 4. The first-order valence-corrected chi connectivity index (χ1v) is 8.04. The first kappa shape index (κ1) is 17.1. The second-order valence-electron chi connectivity index (χ2n) is 5.27. The van der Waals surface area contributed by atoms with Crippen LogP contribution < -0.4 is 19.8 Å². The van der Waals surface area contributed by atoms with Crippen molar-refractivity contribution >= 4 is 29.1 Å². The van der Waals surface area contributed by atoms with Crippen molar-refractivity contribution in [3.63, 3.8) is 0 Å². The van der Waals surface area contributed by atoms with E-state index in [4.69, 9.17) is 21.1 Å². The number of ether oxygens (including phenoxy) is 2. The lowest BCUT2D eigenvalue weighted by molar-refractivity contribution is 0.204. The van der Waals surface area contributed by atoms with Crippen molar-refractivity contribution < 1.29 is 14.3 Å². The zero-order valence-corrected chi connectivity index (χ0v) is 14.9. The maximum Gasteiger partial charge on any atom is 0.340 e. The van der Waals surface area contributed by atoms with Crippen LogP contribution in [-0.4, -0.2) is 41.8 Å². The van der Waals surface area contributed by atoms with Crippen molar-refractivity contribution in [2.24, 2.45) is 0 Å². The molecule has 8 nitrogen and oxygen atoms in total. The number of halogens is 1. The van der Waals surface area contributed by atoms with Crippen LogP contribution >= 0.6 is 11.6 Å². The molecule has 9 heteroatoms. The van der Waals surface area contributed by atoms with Gasteiger partial charge in [0.15, 0.2) is 17.3 Å². The number of rotatable bonds is 5. The standard InChI is InChI=1S/C16H18ClN5O3/c1-4-21-16(23)19-11-8-18-15(17)20-14(11)22(21)9-10-5-6-12(24-2)13(7-10)25-3/h5-8H,4,9H2,1-3H3,(H,19,23). The Morgan fingerprint density at radius 1 is 1.20 bits per heavy atom. The number of anilines is 2. The van der Waals surface area contributed by atoms with E-state index in [1.807, 2.05) is 25.1 Å². The Morgan fingerprint density at radius 3 is 2.64 bits per heavy atom. The van der Waals surface area contributed by atoms with Crippen LogP contribution in [0.2, 0.25) is 5.28 Å². The Bertz CT molecular complexity index is 801. The molecule has 1 aliphatic heterocycles. The quantitative estimate of drug-likeness (QED) is 0.823. The summed E-state index contributed by atoms with van der Waals surface area (Å²) in [5.74, 6) is 1.79. The number of hydrogen-bond acceptors (Lipinski definition) is 6. The number of fused-ring (bicyclic) bond motifs is 1. The van der Waals surface area contributed by atoms with Crippen molar-refractivity contribution in [3.8, 4) is 11.5 Å². The summed E-state index contributed by atoms with van der Waals surface area (Å²) < 4.78 is 10.6. The van der Waals surface area contributed by atoms with Crippen LogP contribution in [-0.2, 0) is 6.54 Å². The summed E-state index contributed by atoms with van der Waals surface area (Å²) in [6.07, 6.45) is 1.50. The average Bonchev–Trinajstić information content (AvgIpc) is 2.62. The minimum absolute atomic E-state index is 0.114. The van der Waals surface area contributed by atoms with E-state index in [1.165, 1.54) is 6.20 Å². The molecule has 1 aliphatic rings. The number of hydrazine groups is 1. The average molecular weight is 364 g/mol. The van der Waals surface area contributed by atoms with Gasteiger partial charge in [-0.25, -0.2) is 14.8 Å². The predicted octanol–water partition coefficient (Wildman–Crippen LogP) is 2.94. The Labute approximate surface area is 150 Å². The molecule has 0 unspecified atom stereocenters. The van der Waals surface area contributed by atoms with Crippen molar-refractivity contribution in [2.45, 2.75) is 13.5 Å². The molecule has 0 atom stereocenters. The van der Waals surface area contributed by atoms with Crippen molar-refractivity contribution in [2.75, 3.05) is 31.1 Å². The molecule has 0 saturated heterocycles. The van der Waals surface area contributed by atoms with Crippen LogP contribution in [0.1, 0.15) is 12.5 Å². The Kier molecular flexibility index (Phi) is 4.80. The van der Waals surface area contributed by atoms with Gasteiger partial charge in [0, 0.05) is 6.54 Å². The van der Waals surface area contributed by atoms with Gasteiger partial charge < -0.3 is 14.8 Å². The second kappa shape index (κ2) is 7.02. The molecule has 1 N–H and O–H groups in total. The molecule has 0 fully saturated rings. The number of aromatic nitrogens is 2. The number of hydrogen-bond donors (Lipinski definition) is 1. The molecule has 1 aromatic carbocycles. The first-order chi connectivity index (χ1) is 12.1. The minimum Gasteiger partial charge on any atom is -0.493 e. The van der Waals surface area contributed by atoms with Crippen LogP contribution in [0.4, 0.5) is 16.3 Å². The zero-order valence-electron chi connectivity index (χ0n) is 14.1. The van der Waals surface area contributed by atoms with Crippen LogP contribution in [0.5, 0.6) is 11.5 Å². The molecular weight excluding hydrogens is 346 g/mol. The van der Waals surface area contributed by atoms with Gasteiger partial charge >= 0.3 is 6.03 Å². The van der Waals surface area contributed by atoms with Crippen LogP contribution in [0.3, 0.4) is 0 Å². The molecule has 0 radical (unpaired) electrons. The summed E-state index contributed by atoms with van der Waals surface area (Å²) in [5, 5.41) is 6.20. The highest BCUT2D eigenvalue weighted by Crippen LogP contribution is 2.33.